The van der Waals surface area contributed by atoms with E-state index in [9.17, 15) is 0 Å². The zero-order valence-electron chi connectivity index (χ0n) is 6.46. The Balaban J connectivity index is 0.000000720. The standard InChI is InChI=1S/2C3H3NP.2ClH.Zr/c2*1-2-4-5-3-1;;;/h2*1,3,5H;2*1H;/q;;;;+2/p-2. The molecule has 0 spiro atoms. The van der Waals surface area contributed by atoms with E-state index in [4.69, 9.17) is 0 Å². The van der Waals surface area contributed by atoms with Crippen LogP contribution >= 0.6 is 16.7 Å². The molecule has 0 amide bonds. The van der Waals surface area contributed by atoms with Gasteiger partial charge in [-0.3, -0.25) is 0 Å². The molecule has 0 aromatic carbocycles. The summed E-state index contributed by atoms with van der Waals surface area (Å²) in [6.07, 6.45) is 0. The SMILES string of the molecule is [Cl-].[Cl-].c1c[c]([Zr+2][c]2cc[pH]n2)n[pH]1. The summed E-state index contributed by atoms with van der Waals surface area (Å²) in [5, 5.41) is 0. The number of aromatic nitrogens is 2. The minimum atomic E-state index is -0.569. The van der Waals surface area contributed by atoms with E-state index in [0.29, 0.717) is 16.7 Å². The summed E-state index contributed by atoms with van der Waals surface area (Å²) >= 11 is -0.569. The van der Waals surface area contributed by atoms with E-state index in [1.165, 1.54) is 6.80 Å². The first kappa shape index (κ1) is 13.9. The van der Waals surface area contributed by atoms with Gasteiger partial charge in [-0.2, -0.15) is 0 Å². The first-order valence-corrected chi connectivity index (χ1v) is 7.72. The number of hydrogen-bond acceptors (Lipinski definition) is 2. The first-order valence-electron chi connectivity index (χ1n) is 3.22. The van der Waals surface area contributed by atoms with Gasteiger partial charge in [0.1, 0.15) is 0 Å². The Morgan fingerprint density at radius 2 is 1.38 bits per heavy atom. The number of nitrogens with zero attached hydrogens (tertiary/aromatic N) is 2. The monoisotopic (exact) mass is 328 g/mol. The van der Waals surface area contributed by atoms with E-state index < -0.39 is 23.2 Å². The Hall–Kier alpha value is 0.883. The van der Waals surface area contributed by atoms with E-state index in [1.807, 2.05) is 0 Å². The molecule has 7 heteroatoms. The van der Waals surface area contributed by atoms with Gasteiger partial charge in [0, 0.05) is 0 Å². The third-order valence-corrected chi connectivity index (χ3v) is 6.36. The van der Waals surface area contributed by atoms with E-state index in [2.05, 4.69) is 33.2 Å². The van der Waals surface area contributed by atoms with Crippen LogP contribution in [0.4, 0.5) is 0 Å². The molecule has 0 saturated carbocycles. The second-order valence-electron chi connectivity index (χ2n) is 2.04. The molecule has 0 aliphatic heterocycles. The molecule has 0 saturated heterocycles. The summed E-state index contributed by atoms with van der Waals surface area (Å²) in [5.74, 6) is 4.30. The number of hydrogen-bond donors (Lipinski definition) is 0. The van der Waals surface area contributed by atoms with Crippen molar-refractivity contribution in [1.29, 1.82) is 0 Å². The first-order chi connectivity index (χ1) is 5.45. The van der Waals surface area contributed by atoms with Crippen LogP contribution in [0.25, 0.3) is 0 Å². The molecule has 2 nitrogen and oxygen atoms in total. The van der Waals surface area contributed by atoms with Crippen molar-refractivity contribution in [2.75, 3.05) is 0 Å². The molecule has 0 radical (unpaired) electrons. The molecule has 0 aliphatic carbocycles. The van der Waals surface area contributed by atoms with E-state index >= 15 is 0 Å². The molecule has 2 aromatic heterocycles. The quantitative estimate of drug-likeness (QED) is 0.550. The average molecular weight is 330 g/mol. The Bertz CT molecular complexity index is 279. The Kier molecular flexibility index (Phi) is 7.70. The van der Waals surface area contributed by atoms with Crippen molar-refractivity contribution in [3.05, 3.63) is 23.7 Å². The second-order valence-corrected chi connectivity index (χ2v) is 6.81. The van der Waals surface area contributed by atoms with Crippen LogP contribution in [0.5, 0.6) is 0 Å². The van der Waals surface area contributed by atoms with Gasteiger partial charge in [-0.25, -0.2) is 0 Å². The molecule has 0 bridgehead atoms. The second kappa shape index (κ2) is 7.21. The van der Waals surface area contributed by atoms with Crippen LogP contribution in [-0.2, 0) is 23.2 Å². The molecule has 0 N–H and O–H groups in total. The van der Waals surface area contributed by atoms with Crippen molar-refractivity contribution in [2.24, 2.45) is 0 Å². The Labute approximate surface area is 104 Å². The molecule has 2 atom stereocenters. The molecule has 13 heavy (non-hydrogen) atoms. The number of halogens is 2. The molecule has 0 fully saturated rings. The van der Waals surface area contributed by atoms with E-state index in [1.54, 1.807) is 0 Å². The number of rotatable bonds is 2. The van der Waals surface area contributed by atoms with Crippen LogP contribution in [0.3, 0.4) is 0 Å². The fraction of sp³-hybridized carbons (Fsp3) is 0. The summed E-state index contributed by atoms with van der Waals surface area (Å²) in [4.78, 5) is 0. The van der Waals surface area contributed by atoms with Crippen LogP contribution in [0, 0.1) is 0 Å². The van der Waals surface area contributed by atoms with Gasteiger partial charge < -0.3 is 24.8 Å². The molecule has 2 aromatic rings. The van der Waals surface area contributed by atoms with Gasteiger partial charge >= 0.3 is 80.0 Å². The molecule has 0 aliphatic rings. The Morgan fingerprint density at radius 3 is 1.69 bits per heavy atom. The fourth-order valence-electron chi connectivity index (χ4n) is 0.791. The zero-order valence-corrected chi connectivity index (χ0v) is 12.4. The van der Waals surface area contributed by atoms with Crippen LogP contribution in [0.2, 0.25) is 0 Å². The van der Waals surface area contributed by atoms with Gasteiger partial charge in [0.05, 0.1) is 0 Å². The van der Waals surface area contributed by atoms with Gasteiger partial charge in [0.15, 0.2) is 0 Å². The summed E-state index contributed by atoms with van der Waals surface area (Å²) in [5.41, 5.74) is 0. The average Bonchev–Trinajstić information content (AvgIpc) is 2.60. The van der Waals surface area contributed by atoms with Gasteiger partial charge in [0.25, 0.3) is 0 Å². The zero-order chi connectivity index (χ0) is 7.52. The van der Waals surface area contributed by atoms with Gasteiger partial charge in [-0.1, -0.05) is 0 Å². The Morgan fingerprint density at radius 1 is 0.923 bits per heavy atom. The van der Waals surface area contributed by atoms with Gasteiger partial charge in [-0.15, -0.1) is 0 Å². The van der Waals surface area contributed by atoms with E-state index in [0.717, 1.165) is 0 Å². The van der Waals surface area contributed by atoms with Crippen LogP contribution in [-0.4, -0.2) is 9.49 Å². The molecule has 2 rings (SSSR count). The van der Waals surface area contributed by atoms with Crippen molar-refractivity contribution in [1.82, 2.24) is 9.49 Å². The molecular weight excluding hydrogens is 324 g/mol. The predicted octanol–water partition coefficient (Wildman–Crippen LogP) is -5.42. The van der Waals surface area contributed by atoms with Crippen molar-refractivity contribution in [2.45, 2.75) is 0 Å². The van der Waals surface area contributed by atoms with Crippen molar-refractivity contribution >= 4 is 23.5 Å². The van der Waals surface area contributed by atoms with Crippen molar-refractivity contribution in [3.8, 4) is 0 Å². The van der Waals surface area contributed by atoms with Crippen LogP contribution < -0.4 is 31.6 Å². The van der Waals surface area contributed by atoms with Crippen molar-refractivity contribution in [3.63, 3.8) is 0 Å². The molecule has 2 unspecified atom stereocenters. The maximum absolute atomic E-state index is 4.40. The fourth-order valence-corrected chi connectivity index (χ4v) is 6.00. The molecule has 68 valence electrons. The third-order valence-electron chi connectivity index (χ3n) is 1.26. The van der Waals surface area contributed by atoms with Crippen LogP contribution in [0.1, 0.15) is 0 Å². The van der Waals surface area contributed by atoms with E-state index in [-0.39, 0.29) is 24.8 Å². The van der Waals surface area contributed by atoms with Crippen molar-refractivity contribution < 1.29 is 48.0 Å². The minimum absolute atomic E-state index is 0. The topological polar surface area (TPSA) is 25.8 Å². The summed E-state index contributed by atoms with van der Waals surface area (Å²) in [6, 6.07) is 4.34. The molecule has 2 heterocycles. The van der Waals surface area contributed by atoms with Crippen LogP contribution in [0.15, 0.2) is 23.7 Å². The van der Waals surface area contributed by atoms with Gasteiger partial charge in [0.2, 0.25) is 0 Å². The van der Waals surface area contributed by atoms with Gasteiger partial charge in [-0.05, 0) is 0 Å². The summed E-state index contributed by atoms with van der Waals surface area (Å²) in [7, 11) is 1.37. The summed E-state index contributed by atoms with van der Waals surface area (Å²) in [6.45, 7) is 0. The predicted molar refractivity (Wildman–Crippen MR) is 46.7 cm³/mol. The third kappa shape index (κ3) is 4.28. The maximum atomic E-state index is 4.40. The summed E-state index contributed by atoms with van der Waals surface area (Å²) < 4.78 is 11.5. The molecular formula is C6H6Cl2N2P2Zr. The normalized spacial score (nSPS) is 9.23.